The van der Waals surface area contributed by atoms with E-state index >= 15 is 0 Å². The molecule has 4 rings (SSSR count). The highest BCUT2D eigenvalue weighted by atomic mass is 16.2. The van der Waals surface area contributed by atoms with Crippen LogP contribution in [0.25, 0.3) is 21.5 Å². The Kier molecular flexibility index (Phi) is 10.9. The van der Waals surface area contributed by atoms with Crippen molar-refractivity contribution in [3.05, 3.63) is 82.3 Å². The van der Waals surface area contributed by atoms with E-state index in [4.69, 9.17) is 0 Å². The fourth-order valence-corrected chi connectivity index (χ4v) is 5.29. The van der Waals surface area contributed by atoms with Gasteiger partial charge in [-0.05, 0) is 52.4 Å². The number of amides is 2. The highest BCUT2D eigenvalue weighted by Gasteiger charge is 2.10. The van der Waals surface area contributed by atoms with Gasteiger partial charge < -0.3 is 5.32 Å². The van der Waals surface area contributed by atoms with Gasteiger partial charge in [-0.3, -0.25) is 15.1 Å². The Hall–Kier alpha value is -3.67. The van der Waals surface area contributed by atoms with Crippen molar-refractivity contribution in [3.63, 3.8) is 0 Å². The largest absolute Gasteiger partial charge is 0.338 e. The molecule has 1 heterocycles. The van der Waals surface area contributed by atoms with E-state index < -0.39 is 0 Å². The maximum atomic E-state index is 12.4. The molecule has 0 radical (unpaired) electrons. The topological polar surface area (TPSA) is 86.9 Å². The first kappa shape index (κ1) is 28.3. The lowest BCUT2D eigenvalue weighted by molar-refractivity contribution is 0.251. The smallest absolute Gasteiger partial charge is 0.321 e. The van der Waals surface area contributed by atoms with Crippen molar-refractivity contribution < 1.29 is 4.79 Å². The van der Waals surface area contributed by atoms with Crippen molar-refractivity contribution in [1.29, 1.82) is 0 Å². The van der Waals surface area contributed by atoms with Crippen LogP contribution in [0.15, 0.2) is 65.5 Å². The number of carbonyl (C=O) groups is 1. The molecule has 1 aromatic heterocycles. The summed E-state index contributed by atoms with van der Waals surface area (Å²) >= 11 is 0. The number of benzene rings is 3. The summed E-state index contributed by atoms with van der Waals surface area (Å²) < 4.78 is 0. The van der Waals surface area contributed by atoms with Crippen molar-refractivity contribution >= 4 is 33.5 Å². The molecular formula is C33H42N4O2. The molecule has 0 unspecified atom stereocenters. The molecular weight excluding hydrogens is 484 g/mol. The van der Waals surface area contributed by atoms with Crippen LogP contribution in [-0.4, -0.2) is 22.5 Å². The van der Waals surface area contributed by atoms with E-state index in [1.807, 2.05) is 0 Å². The van der Waals surface area contributed by atoms with Gasteiger partial charge in [0.1, 0.15) is 0 Å². The van der Waals surface area contributed by atoms with Crippen LogP contribution < -0.4 is 16.2 Å². The Morgan fingerprint density at radius 2 is 1.36 bits per heavy atom. The number of unbranched alkanes of at least 4 members (excludes halogenated alkanes) is 9. The number of aryl methyl sites for hydroxylation is 2. The second kappa shape index (κ2) is 15.1. The number of H-pyrrole nitrogens is 1. The average Bonchev–Trinajstić information content (AvgIpc) is 2.93. The Morgan fingerprint density at radius 3 is 2.00 bits per heavy atom. The Morgan fingerprint density at radius 1 is 0.769 bits per heavy atom. The number of carbonyl (C=O) groups excluding carboxylic acids is 1. The number of nitrogens with zero attached hydrogens (tertiary/aromatic N) is 1. The van der Waals surface area contributed by atoms with E-state index in [-0.39, 0.29) is 17.5 Å². The summed E-state index contributed by atoms with van der Waals surface area (Å²) in [4.78, 5) is 31.9. The van der Waals surface area contributed by atoms with Gasteiger partial charge >= 0.3 is 6.03 Å². The number of fused-ring (bicyclic) bond motifs is 2. The van der Waals surface area contributed by atoms with Crippen molar-refractivity contribution in [2.45, 2.75) is 84.0 Å². The minimum Gasteiger partial charge on any atom is -0.338 e. The lowest BCUT2D eigenvalue weighted by Gasteiger charge is -2.12. The Labute approximate surface area is 231 Å². The van der Waals surface area contributed by atoms with Crippen molar-refractivity contribution in [2.75, 3.05) is 11.9 Å². The van der Waals surface area contributed by atoms with Crippen LogP contribution in [0.3, 0.4) is 0 Å². The summed E-state index contributed by atoms with van der Waals surface area (Å²) in [6.45, 7) is 2.86. The first-order valence-corrected chi connectivity index (χ1v) is 14.7. The third-order valence-corrected chi connectivity index (χ3v) is 7.36. The summed E-state index contributed by atoms with van der Waals surface area (Å²) in [6, 6.07) is 20.2. The number of urea groups is 1. The van der Waals surface area contributed by atoms with Crippen LogP contribution in [0.5, 0.6) is 0 Å². The van der Waals surface area contributed by atoms with Gasteiger partial charge in [0.25, 0.3) is 5.56 Å². The quantitative estimate of drug-likeness (QED) is 0.109. The second-order valence-electron chi connectivity index (χ2n) is 10.4. The van der Waals surface area contributed by atoms with Gasteiger partial charge in [0, 0.05) is 12.6 Å². The van der Waals surface area contributed by atoms with E-state index in [0.29, 0.717) is 18.7 Å². The van der Waals surface area contributed by atoms with Gasteiger partial charge in [-0.25, -0.2) is 9.78 Å². The average molecular weight is 527 g/mol. The first-order valence-electron chi connectivity index (χ1n) is 14.7. The van der Waals surface area contributed by atoms with Gasteiger partial charge in [0.05, 0.1) is 5.69 Å². The zero-order chi connectivity index (χ0) is 27.3. The molecule has 0 atom stereocenters. The molecule has 206 valence electrons. The SMILES string of the molecule is CCCCCCCCCCCCNC(=O)Nc1nc(CCc2c3ccccc3cc3ccccc23)cc(=O)[nH]1. The summed E-state index contributed by atoms with van der Waals surface area (Å²) in [5.41, 5.74) is 1.63. The molecule has 0 bridgehead atoms. The fourth-order valence-electron chi connectivity index (χ4n) is 5.29. The maximum Gasteiger partial charge on any atom is 0.321 e. The predicted molar refractivity (Wildman–Crippen MR) is 163 cm³/mol. The number of hydrogen-bond donors (Lipinski definition) is 3. The lowest BCUT2D eigenvalue weighted by Crippen LogP contribution is -2.31. The Balaban J connectivity index is 1.26. The van der Waals surface area contributed by atoms with Crippen LogP contribution >= 0.6 is 0 Å². The molecule has 0 aliphatic rings. The molecule has 3 aromatic carbocycles. The molecule has 0 fully saturated rings. The Bertz CT molecular complexity index is 1360. The zero-order valence-electron chi connectivity index (χ0n) is 23.2. The van der Waals surface area contributed by atoms with Crippen molar-refractivity contribution in [3.8, 4) is 0 Å². The normalized spacial score (nSPS) is 11.2. The van der Waals surface area contributed by atoms with Crippen LogP contribution in [0.4, 0.5) is 10.7 Å². The number of hydrogen-bond acceptors (Lipinski definition) is 3. The molecule has 2 amide bonds. The summed E-state index contributed by atoms with van der Waals surface area (Å²) in [6.07, 6.45) is 13.9. The number of nitrogens with one attached hydrogen (secondary N) is 3. The van der Waals surface area contributed by atoms with Crippen molar-refractivity contribution in [1.82, 2.24) is 15.3 Å². The van der Waals surface area contributed by atoms with Gasteiger partial charge in [0.2, 0.25) is 5.95 Å². The lowest BCUT2D eigenvalue weighted by atomic mass is 9.93. The van der Waals surface area contributed by atoms with E-state index in [1.54, 1.807) is 0 Å². The maximum absolute atomic E-state index is 12.4. The minimum absolute atomic E-state index is 0.181. The first-order chi connectivity index (χ1) is 19.1. The second-order valence-corrected chi connectivity index (χ2v) is 10.4. The molecule has 0 saturated carbocycles. The molecule has 6 nitrogen and oxygen atoms in total. The van der Waals surface area contributed by atoms with Crippen LogP contribution in [-0.2, 0) is 12.8 Å². The highest BCUT2D eigenvalue weighted by Crippen LogP contribution is 2.29. The third-order valence-electron chi connectivity index (χ3n) is 7.36. The number of aromatic nitrogens is 2. The molecule has 6 heteroatoms. The standard InChI is InChI=1S/C33H42N4O2/c1-2-3-4-5-6-7-8-9-10-15-22-34-33(39)37-32-35-27(24-31(38)36-32)20-21-30-28-18-13-11-16-25(28)23-26-17-12-14-19-29(26)30/h11-14,16-19,23-24H,2-10,15,20-22H2,1H3,(H3,34,35,36,37,38,39). The van der Waals surface area contributed by atoms with Crippen LogP contribution in [0.1, 0.15) is 82.4 Å². The summed E-state index contributed by atoms with van der Waals surface area (Å²) in [5.74, 6) is 0.181. The molecule has 4 aromatic rings. The molecule has 0 aliphatic heterocycles. The molecule has 39 heavy (non-hydrogen) atoms. The highest BCUT2D eigenvalue weighted by molar-refractivity contribution is 6.02. The van der Waals surface area contributed by atoms with Gasteiger partial charge in [0.15, 0.2) is 0 Å². The molecule has 0 saturated heterocycles. The van der Waals surface area contributed by atoms with Crippen LogP contribution in [0.2, 0.25) is 0 Å². The molecule has 0 aliphatic carbocycles. The van der Waals surface area contributed by atoms with E-state index in [0.717, 1.165) is 19.3 Å². The number of rotatable bonds is 15. The molecule has 0 spiro atoms. The van der Waals surface area contributed by atoms with Gasteiger partial charge in [-0.1, -0.05) is 113 Å². The summed E-state index contributed by atoms with van der Waals surface area (Å²) in [7, 11) is 0. The van der Waals surface area contributed by atoms with E-state index in [9.17, 15) is 9.59 Å². The van der Waals surface area contributed by atoms with Gasteiger partial charge in [-0.15, -0.1) is 0 Å². The molecule has 3 N–H and O–H groups in total. The van der Waals surface area contributed by atoms with E-state index in [1.165, 1.54) is 84.5 Å². The van der Waals surface area contributed by atoms with Gasteiger partial charge in [-0.2, -0.15) is 0 Å². The third kappa shape index (κ3) is 8.67. The monoisotopic (exact) mass is 526 g/mol. The van der Waals surface area contributed by atoms with E-state index in [2.05, 4.69) is 82.1 Å². The fraction of sp³-hybridized carbons (Fsp3) is 0.424. The predicted octanol–water partition coefficient (Wildman–Crippen LogP) is 7.90. The van der Waals surface area contributed by atoms with Crippen molar-refractivity contribution in [2.24, 2.45) is 0 Å². The van der Waals surface area contributed by atoms with Crippen LogP contribution in [0, 0.1) is 0 Å². The zero-order valence-corrected chi connectivity index (χ0v) is 23.2. The minimum atomic E-state index is -0.341. The number of anilines is 1. The number of aromatic amines is 1. The summed E-state index contributed by atoms with van der Waals surface area (Å²) in [5, 5.41) is 10.4.